The van der Waals surface area contributed by atoms with Gasteiger partial charge in [0.15, 0.2) is 5.78 Å². The summed E-state index contributed by atoms with van der Waals surface area (Å²) in [7, 11) is 0. The Morgan fingerprint density at radius 1 is 0.880 bits per heavy atom. The lowest BCUT2D eigenvalue weighted by molar-refractivity contribution is 0.104. The topological polar surface area (TPSA) is 26.3 Å². The van der Waals surface area contributed by atoms with Crippen LogP contribution in [0.25, 0.3) is 6.08 Å². The van der Waals surface area contributed by atoms with E-state index in [0.29, 0.717) is 17.2 Å². The van der Waals surface area contributed by atoms with Crippen LogP contribution in [0.1, 0.15) is 21.5 Å². The van der Waals surface area contributed by atoms with Crippen LogP contribution in [0, 0.1) is 0 Å². The average molecular weight is 349 g/mol. The number of allylic oxidation sites excluding steroid dienone is 1. The molecule has 0 heterocycles. The average Bonchev–Trinajstić information content (AvgIpc) is 2.67. The number of carbonyl (C=O) groups excluding carboxylic acids is 1. The molecule has 0 aliphatic rings. The molecule has 3 aromatic rings. The van der Waals surface area contributed by atoms with Gasteiger partial charge in [-0.05, 0) is 41.5 Å². The van der Waals surface area contributed by atoms with E-state index in [0.717, 1.165) is 16.9 Å². The number of benzene rings is 3. The zero-order valence-electron chi connectivity index (χ0n) is 13.6. The van der Waals surface area contributed by atoms with Crippen LogP contribution in [0.3, 0.4) is 0 Å². The van der Waals surface area contributed by atoms with Crippen LogP contribution in [0.2, 0.25) is 5.02 Å². The first-order valence-electron chi connectivity index (χ1n) is 7.95. The van der Waals surface area contributed by atoms with Gasteiger partial charge in [-0.25, -0.2) is 0 Å². The molecule has 0 saturated heterocycles. The Hall–Kier alpha value is -2.84. The van der Waals surface area contributed by atoms with Gasteiger partial charge < -0.3 is 4.74 Å². The fourth-order valence-electron chi connectivity index (χ4n) is 2.29. The predicted molar refractivity (Wildman–Crippen MR) is 102 cm³/mol. The van der Waals surface area contributed by atoms with Crippen molar-refractivity contribution in [2.45, 2.75) is 6.61 Å². The first-order chi connectivity index (χ1) is 12.2. The first kappa shape index (κ1) is 17.0. The van der Waals surface area contributed by atoms with E-state index >= 15 is 0 Å². The molecule has 3 heteroatoms. The van der Waals surface area contributed by atoms with Crippen molar-refractivity contribution < 1.29 is 9.53 Å². The van der Waals surface area contributed by atoms with E-state index in [-0.39, 0.29) is 5.78 Å². The van der Waals surface area contributed by atoms with Crippen molar-refractivity contribution in [3.63, 3.8) is 0 Å². The first-order valence-corrected chi connectivity index (χ1v) is 8.33. The van der Waals surface area contributed by atoms with E-state index in [9.17, 15) is 4.79 Å². The highest BCUT2D eigenvalue weighted by Gasteiger charge is 2.00. The van der Waals surface area contributed by atoms with Crippen molar-refractivity contribution in [3.05, 3.63) is 107 Å². The Balaban J connectivity index is 1.57. The van der Waals surface area contributed by atoms with Crippen LogP contribution in [-0.2, 0) is 6.61 Å². The largest absolute Gasteiger partial charge is 0.489 e. The Labute approximate surface area is 152 Å². The number of ether oxygens (including phenoxy) is 1. The maximum absolute atomic E-state index is 12.0. The molecule has 2 nitrogen and oxygen atoms in total. The maximum atomic E-state index is 12.0. The van der Waals surface area contributed by atoms with Crippen LogP contribution in [0.5, 0.6) is 5.75 Å². The minimum atomic E-state index is -0.0105. The summed E-state index contributed by atoms with van der Waals surface area (Å²) < 4.78 is 5.75. The SMILES string of the molecule is O=C(C=Cc1ccc(OCc2ccc(Cl)cc2)cc1)c1ccccc1. The molecule has 0 aromatic heterocycles. The molecule has 0 saturated carbocycles. The van der Waals surface area contributed by atoms with Crippen molar-refractivity contribution >= 4 is 23.5 Å². The summed E-state index contributed by atoms with van der Waals surface area (Å²) in [6.45, 7) is 0.485. The molecule has 0 N–H and O–H groups in total. The number of ketones is 1. The zero-order chi connectivity index (χ0) is 17.5. The molecule has 0 aliphatic heterocycles. The van der Waals surface area contributed by atoms with E-state index in [1.54, 1.807) is 24.3 Å². The van der Waals surface area contributed by atoms with E-state index in [4.69, 9.17) is 16.3 Å². The third-order valence-electron chi connectivity index (χ3n) is 3.68. The highest BCUT2D eigenvalue weighted by molar-refractivity contribution is 6.30. The Morgan fingerprint density at radius 3 is 2.24 bits per heavy atom. The minimum Gasteiger partial charge on any atom is -0.489 e. The summed E-state index contributed by atoms with van der Waals surface area (Å²) in [6.07, 6.45) is 3.39. The van der Waals surface area contributed by atoms with Gasteiger partial charge in [0, 0.05) is 10.6 Å². The van der Waals surface area contributed by atoms with Crippen LogP contribution in [0.15, 0.2) is 84.9 Å². The van der Waals surface area contributed by atoms with Crippen molar-refractivity contribution in [2.75, 3.05) is 0 Å². The molecule has 0 spiro atoms. The summed E-state index contributed by atoms with van der Waals surface area (Å²) in [5.41, 5.74) is 2.69. The smallest absolute Gasteiger partial charge is 0.185 e. The monoisotopic (exact) mass is 348 g/mol. The molecule has 0 radical (unpaired) electrons. The number of hydrogen-bond acceptors (Lipinski definition) is 2. The third-order valence-corrected chi connectivity index (χ3v) is 3.94. The molecular weight excluding hydrogens is 332 g/mol. The van der Waals surface area contributed by atoms with Crippen LogP contribution in [-0.4, -0.2) is 5.78 Å². The number of halogens is 1. The quantitative estimate of drug-likeness (QED) is 0.414. The molecule has 0 unspecified atom stereocenters. The lowest BCUT2D eigenvalue weighted by Crippen LogP contribution is -1.95. The maximum Gasteiger partial charge on any atom is 0.185 e. The van der Waals surface area contributed by atoms with Crippen LogP contribution in [0.4, 0.5) is 0 Å². The highest BCUT2D eigenvalue weighted by Crippen LogP contribution is 2.16. The highest BCUT2D eigenvalue weighted by atomic mass is 35.5. The van der Waals surface area contributed by atoms with E-state index in [1.807, 2.05) is 66.7 Å². The van der Waals surface area contributed by atoms with Gasteiger partial charge in [0.05, 0.1) is 0 Å². The summed E-state index contributed by atoms with van der Waals surface area (Å²) in [5.74, 6) is 0.769. The van der Waals surface area contributed by atoms with Gasteiger partial charge in [0.2, 0.25) is 0 Å². The van der Waals surface area contributed by atoms with Crippen LogP contribution >= 0.6 is 11.6 Å². The fourth-order valence-corrected chi connectivity index (χ4v) is 2.42. The lowest BCUT2D eigenvalue weighted by atomic mass is 10.1. The molecule has 0 amide bonds. The predicted octanol–water partition coefficient (Wildman–Crippen LogP) is 5.82. The van der Waals surface area contributed by atoms with Crippen molar-refractivity contribution in [3.8, 4) is 5.75 Å². The Bertz CT molecular complexity index is 851. The third kappa shape index (κ3) is 5.07. The molecule has 0 atom stereocenters. The molecule has 0 bridgehead atoms. The normalized spacial score (nSPS) is 10.8. The molecule has 25 heavy (non-hydrogen) atoms. The molecule has 3 rings (SSSR count). The van der Waals surface area contributed by atoms with Gasteiger partial charge in [0.1, 0.15) is 12.4 Å². The summed E-state index contributed by atoms with van der Waals surface area (Å²) in [5, 5.41) is 0.713. The second-order valence-corrected chi connectivity index (χ2v) is 5.98. The Morgan fingerprint density at radius 2 is 1.56 bits per heavy atom. The van der Waals surface area contributed by atoms with Gasteiger partial charge in [-0.2, -0.15) is 0 Å². The van der Waals surface area contributed by atoms with Crippen LogP contribution < -0.4 is 4.74 Å². The molecular formula is C22H17ClO2. The van der Waals surface area contributed by atoms with Gasteiger partial charge in [-0.1, -0.05) is 72.3 Å². The fraction of sp³-hybridized carbons (Fsp3) is 0.0455. The zero-order valence-corrected chi connectivity index (χ0v) is 14.3. The van der Waals surface area contributed by atoms with Gasteiger partial charge in [-0.3, -0.25) is 4.79 Å². The minimum absolute atomic E-state index is 0.0105. The summed E-state index contributed by atoms with van der Waals surface area (Å²) in [6, 6.07) is 24.4. The second-order valence-electron chi connectivity index (χ2n) is 5.55. The van der Waals surface area contributed by atoms with Crippen molar-refractivity contribution in [2.24, 2.45) is 0 Å². The van der Waals surface area contributed by atoms with Gasteiger partial charge >= 0.3 is 0 Å². The second kappa shape index (κ2) is 8.32. The van der Waals surface area contributed by atoms with Crippen molar-refractivity contribution in [1.82, 2.24) is 0 Å². The molecule has 0 fully saturated rings. The summed E-state index contributed by atoms with van der Waals surface area (Å²) in [4.78, 5) is 12.0. The summed E-state index contributed by atoms with van der Waals surface area (Å²) >= 11 is 5.87. The molecule has 0 aliphatic carbocycles. The van der Waals surface area contributed by atoms with E-state index in [2.05, 4.69) is 0 Å². The van der Waals surface area contributed by atoms with Crippen molar-refractivity contribution in [1.29, 1.82) is 0 Å². The standard InChI is InChI=1S/C22H17ClO2/c23-20-11-6-18(7-12-20)16-25-21-13-8-17(9-14-21)10-15-22(24)19-4-2-1-3-5-19/h1-15H,16H2. The van der Waals surface area contributed by atoms with Gasteiger partial charge in [-0.15, -0.1) is 0 Å². The van der Waals surface area contributed by atoms with Gasteiger partial charge in [0.25, 0.3) is 0 Å². The molecule has 3 aromatic carbocycles. The van der Waals surface area contributed by atoms with E-state index < -0.39 is 0 Å². The number of hydrogen-bond donors (Lipinski definition) is 0. The number of rotatable bonds is 6. The molecule has 124 valence electrons. The number of carbonyl (C=O) groups is 1. The Kier molecular flexibility index (Phi) is 5.65. The lowest BCUT2D eigenvalue weighted by Gasteiger charge is -2.06. The van der Waals surface area contributed by atoms with E-state index in [1.165, 1.54) is 0 Å².